The number of unbranched alkanes of at least 4 members (excludes halogenated alkanes) is 28. The Hall–Kier alpha value is -1.94. The van der Waals surface area contributed by atoms with Gasteiger partial charge in [-0.15, -0.1) is 0 Å². The Kier molecular flexibility index (Phi) is 56.6. The average molecular weight is 1280 g/mol. The molecule has 87 heavy (non-hydrogen) atoms. The van der Waals surface area contributed by atoms with Gasteiger partial charge in [0, 0.05) is 25.7 Å². The standard InChI is InChI=1S/C68H132O17P2/c1-9-59(6)45-37-29-21-18-19-23-34-42-50-67(72)84-63(54-78-65(70)48-40-32-22-17-15-13-12-14-16-20-28-36-44-58(4)5)56-82-86(74,75)80-52-62(69)53-81-87(76,77)83-57-64(85-68(73)51-43-35-27-25-31-39-47-61(8)11-3)55-79-66(71)49-41-33-26-24-30-38-46-60(7)10-2/h58-64,69H,9-57H2,1-8H3,(H,74,75)(H,76,77)/t59?,60?,61?,62-,63-,64-/m1/s1. The molecule has 0 spiro atoms. The maximum absolute atomic E-state index is 13.0. The zero-order valence-electron chi connectivity index (χ0n) is 56.6. The van der Waals surface area contributed by atoms with Gasteiger partial charge in [0.2, 0.25) is 0 Å². The van der Waals surface area contributed by atoms with E-state index in [2.05, 4.69) is 55.4 Å². The number of hydrogen-bond donors (Lipinski definition) is 3. The Bertz CT molecular complexity index is 1740. The van der Waals surface area contributed by atoms with Crippen molar-refractivity contribution in [3.05, 3.63) is 0 Å². The average Bonchev–Trinajstić information content (AvgIpc) is 3.70. The number of carbonyl (C=O) groups is 4. The maximum Gasteiger partial charge on any atom is 0.472 e. The largest absolute Gasteiger partial charge is 0.472 e. The molecule has 0 rings (SSSR count). The van der Waals surface area contributed by atoms with Crippen molar-refractivity contribution >= 4 is 39.5 Å². The number of ether oxygens (including phenoxy) is 4. The van der Waals surface area contributed by atoms with Gasteiger partial charge in [0.15, 0.2) is 12.2 Å². The molecule has 516 valence electrons. The summed E-state index contributed by atoms with van der Waals surface area (Å²) in [6.07, 6.45) is 38.9. The molecule has 0 saturated carbocycles. The van der Waals surface area contributed by atoms with Crippen LogP contribution in [0, 0.1) is 23.7 Å². The topological polar surface area (TPSA) is 237 Å². The van der Waals surface area contributed by atoms with Crippen molar-refractivity contribution in [1.82, 2.24) is 0 Å². The summed E-state index contributed by atoms with van der Waals surface area (Å²) in [7, 11) is -9.90. The van der Waals surface area contributed by atoms with Crippen LogP contribution >= 0.6 is 15.6 Å². The van der Waals surface area contributed by atoms with E-state index in [1.165, 1.54) is 128 Å². The number of aliphatic hydroxyl groups excluding tert-OH is 1. The van der Waals surface area contributed by atoms with E-state index < -0.39 is 97.5 Å². The molecule has 0 heterocycles. The third-order valence-corrected chi connectivity index (χ3v) is 18.6. The highest BCUT2D eigenvalue weighted by Crippen LogP contribution is 2.45. The second-order valence-electron chi connectivity index (χ2n) is 25.8. The number of phosphoric ester groups is 2. The van der Waals surface area contributed by atoms with Gasteiger partial charge < -0.3 is 33.8 Å². The first-order valence-corrected chi connectivity index (χ1v) is 38.3. The second-order valence-corrected chi connectivity index (χ2v) is 28.7. The van der Waals surface area contributed by atoms with E-state index >= 15 is 0 Å². The Morgan fingerprint density at radius 3 is 0.816 bits per heavy atom. The van der Waals surface area contributed by atoms with E-state index in [1.54, 1.807) is 0 Å². The third kappa shape index (κ3) is 58.9. The van der Waals surface area contributed by atoms with E-state index in [4.69, 9.17) is 37.0 Å². The summed E-state index contributed by atoms with van der Waals surface area (Å²) in [6, 6.07) is 0. The molecule has 0 aliphatic carbocycles. The highest BCUT2D eigenvalue weighted by molar-refractivity contribution is 7.47. The first-order chi connectivity index (χ1) is 41.7. The summed E-state index contributed by atoms with van der Waals surface area (Å²) in [5.74, 6) is 0.866. The molecule has 0 aliphatic heterocycles. The third-order valence-electron chi connectivity index (χ3n) is 16.7. The van der Waals surface area contributed by atoms with Crippen LogP contribution in [0.25, 0.3) is 0 Å². The van der Waals surface area contributed by atoms with Crippen LogP contribution in [0.3, 0.4) is 0 Å². The molecule has 3 N–H and O–H groups in total. The molecule has 0 aromatic heterocycles. The molecule has 0 aliphatic rings. The van der Waals surface area contributed by atoms with Gasteiger partial charge in [-0.2, -0.15) is 0 Å². The van der Waals surface area contributed by atoms with Gasteiger partial charge in [-0.1, -0.05) is 280 Å². The van der Waals surface area contributed by atoms with Crippen molar-refractivity contribution in [3.63, 3.8) is 0 Å². The monoisotopic (exact) mass is 1280 g/mol. The molecule has 0 radical (unpaired) electrons. The highest BCUT2D eigenvalue weighted by atomic mass is 31.2. The molecule has 0 aromatic carbocycles. The lowest BCUT2D eigenvalue weighted by molar-refractivity contribution is -0.161. The van der Waals surface area contributed by atoms with Crippen molar-refractivity contribution in [2.45, 2.75) is 350 Å². The lowest BCUT2D eigenvalue weighted by Crippen LogP contribution is -2.30. The molecule has 0 bridgehead atoms. The molecular formula is C68H132O17P2. The molecule has 0 aromatic rings. The predicted molar refractivity (Wildman–Crippen MR) is 349 cm³/mol. The molecule has 5 unspecified atom stereocenters. The van der Waals surface area contributed by atoms with Gasteiger partial charge in [-0.3, -0.25) is 37.3 Å². The Balaban J connectivity index is 5.25. The summed E-state index contributed by atoms with van der Waals surface area (Å²) in [5, 5.41) is 10.6. The Morgan fingerprint density at radius 2 is 0.552 bits per heavy atom. The fourth-order valence-corrected chi connectivity index (χ4v) is 11.6. The quantitative estimate of drug-likeness (QED) is 0.0222. The van der Waals surface area contributed by atoms with E-state index in [9.17, 15) is 43.2 Å². The number of aliphatic hydroxyl groups is 1. The highest BCUT2D eigenvalue weighted by Gasteiger charge is 2.30. The minimum Gasteiger partial charge on any atom is -0.462 e. The van der Waals surface area contributed by atoms with E-state index in [-0.39, 0.29) is 25.7 Å². The van der Waals surface area contributed by atoms with Gasteiger partial charge in [-0.25, -0.2) is 9.13 Å². The zero-order chi connectivity index (χ0) is 64.7. The van der Waals surface area contributed by atoms with E-state index in [0.29, 0.717) is 25.7 Å². The summed E-state index contributed by atoms with van der Waals surface area (Å²) in [5.41, 5.74) is 0. The lowest BCUT2D eigenvalue weighted by Gasteiger charge is -2.21. The van der Waals surface area contributed by atoms with Crippen LogP contribution in [0.1, 0.15) is 331 Å². The number of rotatable bonds is 65. The molecular weight excluding hydrogens is 1150 g/mol. The zero-order valence-corrected chi connectivity index (χ0v) is 58.4. The van der Waals surface area contributed by atoms with Crippen LogP contribution in [-0.2, 0) is 65.4 Å². The smallest absolute Gasteiger partial charge is 0.462 e. The van der Waals surface area contributed by atoms with Crippen LogP contribution in [0.5, 0.6) is 0 Å². The molecule has 0 saturated heterocycles. The van der Waals surface area contributed by atoms with Gasteiger partial charge in [0.05, 0.1) is 26.4 Å². The molecule has 19 heteroatoms. The second kappa shape index (κ2) is 57.9. The normalized spacial score (nSPS) is 15.3. The van der Waals surface area contributed by atoms with Crippen molar-refractivity contribution in [2.24, 2.45) is 23.7 Å². The van der Waals surface area contributed by atoms with Crippen LogP contribution in [0.2, 0.25) is 0 Å². The number of esters is 4. The van der Waals surface area contributed by atoms with E-state index in [0.717, 1.165) is 120 Å². The fraction of sp³-hybridized carbons (Fsp3) is 0.941. The van der Waals surface area contributed by atoms with Crippen molar-refractivity contribution in [3.8, 4) is 0 Å². The fourth-order valence-electron chi connectivity index (χ4n) is 10.0. The summed E-state index contributed by atoms with van der Waals surface area (Å²) < 4.78 is 68.2. The lowest BCUT2D eigenvalue weighted by atomic mass is 9.99. The summed E-state index contributed by atoms with van der Waals surface area (Å²) >= 11 is 0. The maximum atomic E-state index is 13.0. The molecule has 17 nitrogen and oxygen atoms in total. The Morgan fingerprint density at radius 1 is 0.322 bits per heavy atom. The van der Waals surface area contributed by atoms with Gasteiger partial charge in [-0.05, 0) is 49.4 Å². The van der Waals surface area contributed by atoms with E-state index in [1.807, 2.05) is 0 Å². The van der Waals surface area contributed by atoms with Crippen LogP contribution < -0.4 is 0 Å². The first-order valence-electron chi connectivity index (χ1n) is 35.3. The van der Waals surface area contributed by atoms with Crippen LogP contribution in [0.4, 0.5) is 0 Å². The summed E-state index contributed by atoms with van der Waals surface area (Å²) in [4.78, 5) is 72.4. The minimum atomic E-state index is -4.95. The van der Waals surface area contributed by atoms with Crippen LogP contribution in [0.15, 0.2) is 0 Å². The van der Waals surface area contributed by atoms with Gasteiger partial charge >= 0.3 is 39.5 Å². The molecule has 0 fully saturated rings. The number of phosphoric acid groups is 2. The predicted octanol–water partition coefficient (Wildman–Crippen LogP) is 18.9. The van der Waals surface area contributed by atoms with Gasteiger partial charge in [0.25, 0.3) is 0 Å². The summed E-state index contributed by atoms with van der Waals surface area (Å²) in [6.45, 7) is 14.0. The van der Waals surface area contributed by atoms with Crippen LogP contribution in [-0.4, -0.2) is 96.7 Å². The van der Waals surface area contributed by atoms with Crippen molar-refractivity contribution < 1.29 is 80.2 Å². The Labute approximate surface area is 530 Å². The molecule has 0 amide bonds. The number of carbonyl (C=O) groups excluding carboxylic acids is 4. The number of hydrogen-bond acceptors (Lipinski definition) is 15. The SMILES string of the molecule is CCC(C)CCCCCCCCCCC(=O)O[C@H](COC(=O)CCCCCCCCCCCCCCC(C)C)COP(=O)(O)OC[C@@H](O)COP(=O)(O)OC[C@@H](COC(=O)CCCCCCCCC(C)CC)OC(=O)CCCCCCCCC(C)CC. The molecule has 8 atom stereocenters. The minimum absolute atomic E-state index is 0.101. The first kappa shape index (κ1) is 85.1. The van der Waals surface area contributed by atoms with Crippen molar-refractivity contribution in [2.75, 3.05) is 39.6 Å². The van der Waals surface area contributed by atoms with Crippen molar-refractivity contribution in [1.29, 1.82) is 0 Å². The van der Waals surface area contributed by atoms with Gasteiger partial charge in [0.1, 0.15) is 19.3 Å².